The minimum absolute atomic E-state index is 0.167. The minimum Gasteiger partial charge on any atom is -0.494 e. The molecule has 0 atom stereocenters. The number of hydrogen-bond donors (Lipinski definition) is 0. The van der Waals surface area contributed by atoms with E-state index in [1.54, 1.807) is 29.9 Å². The molecule has 0 saturated heterocycles. The molecular formula is C18H17N5O3. The number of fused-ring (bicyclic) bond motifs is 1. The smallest absolute Gasteiger partial charge is 0.277 e. The Morgan fingerprint density at radius 1 is 1.19 bits per heavy atom. The Kier molecular flexibility index (Phi) is 4.00. The Balaban J connectivity index is 1.68. The third-order valence-electron chi connectivity index (χ3n) is 3.95. The number of rotatable bonds is 5. The maximum absolute atomic E-state index is 12.7. The van der Waals surface area contributed by atoms with Gasteiger partial charge >= 0.3 is 0 Å². The van der Waals surface area contributed by atoms with Crippen molar-refractivity contribution in [2.75, 3.05) is 6.61 Å². The predicted molar refractivity (Wildman–Crippen MR) is 94.2 cm³/mol. The van der Waals surface area contributed by atoms with Gasteiger partial charge in [0.2, 0.25) is 5.89 Å². The van der Waals surface area contributed by atoms with E-state index in [2.05, 4.69) is 15.2 Å². The lowest BCUT2D eigenvalue weighted by Gasteiger charge is -2.02. The van der Waals surface area contributed by atoms with Gasteiger partial charge in [-0.2, -0.15) is 10.1 Å². The van der Waals surface area contributed by atoms with Gasteiger partial charge in [0.05, 0.1) is 18.8 Å². The van der Waals surface area contributed by atoms with Crippen LogP contribution in [0.3, 0.4) is 0 Å². The number of nitrogens with zero attached hydrogens (tertiary/aromatic N) is 5. The maximum atomic E-state index is 12.7. The molecular weight excluding hydrogens is 334 g/mol. The average Bonchev–Trinajstić information content (AvgIpc) is 3.25. The summed E-state index contributed by atoms with van der Waals surface area (Å²) in [5, 5.41) is 8.31. The first kappa shape index (κ1) is 16.1. The van der Waals surface area contributed by atoms with Crippen molar-refractivity contribution in [1.82, 2.24) is 24.3 Å². The molecule has 26 heavy (non-hydrogen) atoms. The predicted octanol–water partition coefficient (Wildman–Crippen LogP) is 2.30. The van der Waals surface area contributed by atoms with E-state index in [0.29, 0.717) is 23.8 Å². The quantitative estimate of drug-likeness (QED) is 0.548. The summed E-state index contributed by atoms with van der Waals surface area (Å²) in [7, 11) is 0. The number of hydrogen-bond acceptors (Lipinski definition) is 6. The zero-order valence-corrected chi connectivity index (χ0v) is 14.4. The van der Waals surface area contributed by atoms with E-state index in [4.69, 9.17) is 9.26 Å². The monoisotopic (exact) mass is 351 g/mol. The minimum atomic E-state index is -0.167. The number of ether oxygens (including phenoxy) is 1. The SMILES string of the molecule is CCOc1ccc(-c2cc3c(=O)n(Cc4noc(C)n4)ccn3n2)cc1. The third kappa shape index (κ3) is 2.97. The first-order chi connectivity index (χ1) is 12.6. The molecule has 8 nitrogen and oxygen atoms in total. The van der Waals surface area contributed by atoms with Gasteiger partial charge in [0.25, 0.3) is 5.56 Å². The summed E-state index contributed by atoms with van der Waals surface area (Å²) in [6.07, 6.45) is 3.40. The summed E-state index contributed by atoms with van der Waals surface area (Å²) in [6, 6.07) is 9.40. The number of benzene rings is 1. The van der Waals surface area contributed by atoms with Crippen LogP contribution < -0.4 is 10.3 Å². The standard InChI is InChI=1S/C18H17N5O3/c1-3-25-14-6-4-13(5-7-14)15-10-16-18(24)22(8-9-23(16)20-15)11-17-19-12(2)26-21-17/h4-10H,3,11H2,1-2H3. The van der Waals surface area contributed by atoms with Gasteiger partial charge in [0, 0.05) is 24.9 Å². The molecule has 0 N–H and O–H groups in total. The Hall–Kier alpha value is -3.42. The Morgan fingerprint density at radius 2 is 2.00 bits per heavy atom. The van der Waals surface area contributed by atoms with Gasteiger partial charge in [-0.3, -0.25) is 4.79 Å². The molecule has 8 heteroatoms. The van der Waals surface area contributed by atoms with Crippen LogP contribution in [0.4, 0.5) is 0 Å². The second-order valence-corrected chi connectivity index (χ2v) is 5.78. The topological polar surface area (TPSA) is 87.5 Å². The molecule has 4 aromatic rings. The molecule has 4 rings (SSSR count). The molecule has 0 aliphatic heterocycles. The van der Waals surface area contributed by atoms with Crippen molar-refractivity contribution < 1.29 is 9.26 Å². The molecule has 0 fully saturated rings. The first-order valence-electron chi connectivity index (χ1n) is 8.25. The maximum Gasteiger partial charge on any atom is 0.277 e. The van der Waals surface area contributed by atoms with Crippen LogP contribution in [0.1, 0.15) is 18.6 Å². The second-order valence-electron chi connectivity index (χ2n) is 5.78. The van der Waals surface area contributed by atoms with Crippen molar-refractivity contribution >= 4 is 5.52 Å². The van der Waals surface area contributed by atoms with E-state index in [1.165, 1.54) is 4.57 Å². The van der Waals surface area contributed by atoms with Crippen LogP contribution in [-0.2, 0) is 6.54 Å². The van der Waals surface area contributed by atoms with Crippen molar-refractivity contribution in [2.45, 2.75) is 20.4 Å². The Morgan fingerprint density at radius 3 is 2.69 bits per heavy atom. The van der Waals surface area contributed by atoms with Crippen molar-refractivity contribution in [2.24, 2.45) is 0 Å². The highest BCUT2D eigenvalue weighted by Gasteiger charge is 2.11. The third-order valence-corrected chi connectivity index (χ3v) is 3.95. The van der Waals surface area contributed by atoms with Crippen LogP contribution in [0.2, 0.25) is 0 Å². The lowest BCUT2D eigenvalue weighted by molar-refractivity contribution is 0.340. The molecule has 132 valence electrons. The van der Waals surface area contributed by atoms with Crippen molar-refractivity contribution in [1.29, 1.82) is 0 Å². The van der Waals surface area contributed by atoms with Crippen molar-refractivity contribution in [3.63, 3.8) is 0 Å². The van der Waals surface area contributed by atoms with Crippen LogP contribution in [0.5, 0.6) is 5.75 Å². The molecule has 0 amide bonds. The van der Waals surface area contributed by atoms with Gasteiger partial charge in [-0.25, -0.2) is 4.52 Å². The van der Waals surface area contributed by atoms with Crippen molar-refractivity contribution in [3.05, 3.63) is 64.8 Å². The van der Waals surface area contributed by atoms with E-state index >= 15 is 0 Å². The Labute approximate surface area is 148 Å². The normalized spacial score (nSPS) is 11.2. The number of aromatic nitrogens is 5. The lowest BCUT2D eigenvalue weighted by atomic mass is 10.1. The summed E-state index contributed by atoms with van der Waals surface area (Å²) < 4.78 is 13.5. The molecule has 1 aromatic carbocycles. The molecule has 3 heterocycles. The molecule has 3 aromatic heterocycles. The van der Waals surface area contributed by atoms with E-state index in [0.717, 1.165) is 17.0 Å². The van der Waals surface area contributed by atoms with E-state index < -0.39 is 0 Å². The summed E-state index contributed by atoms with van der Waals surface area (Å²) in [4.78, 5) is 16.9. The Bertz CT molecular complexity index is 1110. The van der Waals surface area contributed by atoms with Gasteiger partial charge in [-0.05, 0) is 37.3 Å². The zero-order valence-electron chi connectivity index (χ0n) is 14.4. The highest BCUT2D eigenvalue weighted by atomic mass is 16.5. The summed E-state index contributed by atoms with van der Waals surface area (Å²) in [6.45, 7) is 4.52. The van der Waals surface area contributed by atoms with Crippen LogP contribution in [0.25, 0.3) is 16.8 Å². The molecule has 0 aliphatic rings. The lowest BCUT2D eigenvalue weighted by Crippen LogP contribution is -2.22. The fraction of sp³-hybridized carbons (Fsp3) is 0.222. The molecule has 0 spiro atoms. The van der Waals surface area contributed by atoms with Gasteiger partial charge in [-0.15, -0.1) is 0 Å². The van der Waals surface area contributed by atoms with Crippen LogP contribution in [-0.4, -0.2) is 30.9 Å². The molecule has 0 unspecified atom stereocenters. The molecule has 0 aliphatic carbocycles. The summed E-state index contributed by atoms with van der Waals surface area (Å²) >= 11 is 0. The summed E-state index contributed by atoms with van der Waals surface area (Å²) in [5.74, 6) is 1.73. The van der Waals surface area contributed by atoms with Gasteiger partial charge < -0.3 is 13.8 Å². The van der Waals surface area contributed by atoms with Crippen LogP contribution in [0.15, 0.2) is 52.0 Å². The molecule has 0 saturated carbocycles. The van der Waals surface area contributed by atoms with E-state index in [9.17, 15) is 4.79 Å². The first-order valence-corrected chi connectivity index (χ1v) is 8.25. The number of aryl methyl sites for hydroxylation is 1. The van der Waals surface area contributed by atoms with Gasteiger partial charge in [0.15, 0.2) is 5.82 Å². The average molecular weight is 351 g/mol. The fourth-order valence-corrected chi connectivity index (χ4v) is 2.74. The highest BCUT2D eigenvalue weighted by Crippen LogP contribution is 2.21. The van der Waals surface area contributed by atoms with Crippen molar-refractivity contribution in [3.8, 4) is 17.0 Å². The second kappa shape index (κ2) is 6.47. The fourth-order valence-electron chi connectivity index (χ4n) is 2.74. The molecule has 0 radical (unpaired) electrons. The van der Waals surface area contributed by atoms with Crippen LogP contribution in [0, 0.1) is 6.92 Å². The van der Waals surface area contributed by atoms with E-state index in [1.807, 2.05) is 31.2 Å². The zero-order chi connectivity index (χ0) is 18.1. The van der Waals surface area contributed by atoms with E-state index in [-0.39, 0.29) is 12.1 Å². The highest BCUT2D eigenvalue weighted by molar-refractivity contribution is 5.66. The summed E-state index contributed by atoms with van der Waals surface area (Å²) in [5.41, 5.74) is 1.95. The largest absolute Gasteiger partial charge is 0.494 e. The van der Waals surface area contributed by atoms with Gasteiger partial charge in [0.1, 0.15) is 11.3 Å². The van der Waals surface area contributed by atoms with Crippen LogP contribution >= 0.6 is 0 Å². The molecule has 0 bridgehead atoms. The van der Waals surface area contributed by atoms with Gasteiger partial charge in [-0.1, -0.05) is 5.16 Å².